The second-order valence-corrected chi connectivity index (χ2v) is 18.2. The number of carbonyl (C=O) groups excluding carboxylic acids is 3. The molecule has 61 heavy (non-hydrogen) atoms. The van der Waals surface area contributed by atoms with Crippen molar-refractivity contribution in [1.29, 1.82) is 0 Å². The van der Waals surface area contributed by atoms with E-state index >= 15 is 0 Å². The highest BCUT2D eigenvalue weighted by Crippen LogP contribution is 2.16. The minimum atomic E-state index is -0.766. The summed E-state index contributed by atoms with van der Waals surface area (Å²) in [4.78, 5) is 37.9. The highest BCUT2D eigenvalue weighted by molar-refractivity contribution is 5.71. The van der Waals surface area contributed by atoms with Crippen LogP contribution in [-0.2, 0) is 28.6 Å². The maximum Gasteiger partial charge on any atom is 0.306 e. The average Bonchev–Trinajstić information content (AvgIpc) is 3.26. The molecule has 0 heterocycles. The molecule has 0 aliphatic heterocycles. The van der Waals surface area contributed by atoms with E-state index in [0.717, 1.165) is 64.2 Å². The van der Waals surface area contributed by atoms with Crippen LogP contribution in [0.2, 0.25) is 0 Å². The van der Waals surface area contributed by atoms with E-state index in [1.54, 1.807) is 0 Å². The number of unbranched alkanes of at least 4 members (excludes halogenated alkanes) is 34. The Morgan fingerprint density at radius 3 is 0.934 bits per heavy atom. The van der Waals surface area contributed by atoms with Crippen LogP contribution < -0.4 is 0 Å². The fourth-order valence-electron chi connectivity index (χ4n) is 7.89. The van der Waals surface area contributed by atoms with Gasteiger partial charge in [0.1, 0.15) is 13.2 Å². The zero-order chi connectivity index (χ0) is 44.4. The molecule has 6 heteroatoms. The summed E-state index contributed by atoms with van der Waals surface area (Å²) in [6.45, 7) is 6.63. The normalized spacial score (nSPS) is 12.1. The lowest BCUT2D eigenvalue weighted by Crippen LogP contribution is -2.30. The van der Waals surface area contributed by atoms with E-state index in [1.165, 1.54) is 186 Å². The molecule has 0 N–H and O–H groups in total. The van der Waals surface area contributed by atoms with Crippen molar-refractivity contribution in [2.45, 2.75) is 297 Å². The van der Waals surface area contributed by atoms with E-state index < -0.39 is 6.10 Å². The van der Waals surface area contributed by atoms with Gasteiger partial charge in [-0.15, -0.1) is 0 Å². The lowest BCUT2D eigenvalue weighted by molar-refractivity contribution is -0.167. The minimum absolute atomic E-state index is 0.0676. The summed E-state index contributed by atoms with van der Waals surface area (Å²) in [5.41, 5.74) is 0. The first kappa shape index (κ1) is 58.9. The Hall–Kier alpha value is -2.11. The molecule has 0 bridgehead atoms. The summed E-state index contributed by atoms with van der Waals surface area (Å²) < 4.78 is 16.8. The third-order valence-electron chi connectivity index (χ3n) is 12.0. The van der Waals surface area contributed by atoms with Crippen molar-refractivity contribution >= 4 is 17.9 Å². The monoisotopic (exact) mass is 859 g/mol. The average molecular weight is 859 g/mol. The summed E-state index contributed by atoms with van der Waals surface area (Å²) in [5, 5.41) is 0. The lowest BCUT2D eigenvalue weighted by atomic mass is 10.0. The predicted octanol–water partition coefficient (Wildman–Crippen LogP) is 17.5. The molecule has 1 atom stereocenters. The van der Waals surface area contributed by atoms with Crippen LogP contribution >= 0.6 is 0 Å². The van der Waals surface area contributed by atoms with Crippen molar-refractivity contribution < 1.29 is 28.6 Å². The minimum Gasteiger partial charge on any atom is -0.462 e. The first-order valence-corrected chi connectivity index (χ1v) is 26.8. The van der Waals surface area contributed by atoms with Crippen molar-refractivity contribution in [3.63, 3.8) is 0 Å². The number of ether oxygens (including phenoxy) is 3. The van der Waals surface area contributed by atoms with E-state index in [2.05, 4.69) is 45.1 Å². The SMILES string of the molecule is CCCCC/C=C\C/C=C\CCCCCCCCCCCC(=O)OCC(COC(=O)CCCCCCCCCCCC)OC(=O)CCCCCCCCCCCCCCCC. The van der Waals surface area contributed by atoms with Gasteiger partial charge in [-0.3, -0.25) is 14.4 Å². The number of rotatable bonds is 49. The molecule has 358 valence electrons. The number of hydrogen-bond acceptors (Lipinski definition) is 6. The van der Waals surface area contributed by atoms with Crippen LogP contribution in [0.25, 0.3) is 0 Å². The zero-order valence-electron chi connectivity index (χ0n) is 40.9. The van der Waals surface area contributed by atoms with Gasteiger partial charge in [0.15, 0.2) is 6.10 Å². The highest BCUT2D eigenvalue weighted by atomic mass is 16.6. The number of carbonyl (C=O) groups is 3. The Bertz CT molecular complexity index is 989. The molecule has 0 aromatic carbocycles. The molecular weight excluding hydrogens is 757 g/mol. The van der Waals surface area contributed by atoms with E-state index in [-0.39, 0.29) is 31.1 Å². The molecular formula is C55H102O6. The Balaban J connectivity index is 4.28. The maximum absolute atomic E-state index is 12.8. The van der Waals surface area contributed by atoms with Crippen LogP contribution in [0.15, 0.2) is 24.3 Å². The molecule has 1 unspecified atom stereocenters. The van der Waals surface area contributed by atoms with E-state index in [9.17, 15) is 14.4 Å². The molecule has 0 saturated carbocycles. The Morgan fingerprint density at radius 1 is 0.328 bits per heavy atom. The molecule has 0 aliphatic rings. The second kappa shape index (κ2) is 50.5. The topological polar surface area (TPSA) is 78.9 Å². The van der Waals surface area contributed by atoms with Crippen molar-refractivity contribution in [3.8, 4) is 0 Å². The van der Waals surface area contributed by atoms with Crippen molar-refractivity contribution in [2.24, 2.45) is 0 Å². The third kappa shape index (κ3) is 48.8. The molecule has 0 saturated heterocycles. The first-order chi connectivity index (χ1) is 30.0. The first-order valence-electron chi connectivity index (χ1n) is 26.8. The summed E-state index contributed by atoms with van der Waals surface area (Å²) in [6, 6.07) is 0. The van der Waals surface area contributed by atoms with Gasteiger partial charge in [-0.2, -0.15) is 0 Å². The smallest absolute Gasteiger partial charge is 0.306 e. The van der Waals surface area contributed by atoms with Crippen LogP contribution in [0.4, 0.5) is 0 Å². The zero-order valence-corrected chi connectivity index (χ0v) is 40.9. The summed E-state index contributed by atoms with van der Waals surface area (Å²) in [6.07, 6.45) is 57.3. The van der Waals surface area contributed by atoms with Crippen LogP contribution in [0.5, 0.6) is 0 Å². The van der Waals surface area contributed by atoms with E-state index in [1.807, 2.05) is 0 Å². The van der Waals surface area contributed by atoms with Gasteiger partial charge < -0.3 is 14.2 Å². The molecule has 0 fully saturated rings. The fourth-order valence-corrected chi connectivity index (χ4v) is 7.89. The summed E-state index contributed by atoms with van der Waals surface area (Å²) >= 11 is 0. The van der Waals surface area contributed by atoms with E-state index in [0.29, 0.717) is 19.3 Å². The fraction of sp³-hybridized carbons (Fsp3) is 0.873. The highest BCUT2D eigenvalue weighted by Gasteiger charge is 2.19. The van der Waals surface area contributed by atoms with Crippen molar-refractivity contribution in [2.75, 3.05) is 13.2 Å². The van der Waals surface area contributed by atoms with E-state index in [4.69, 9.17) is 14.2 Å². The number of allylic oxidation sites excluding steroid dienone is 4. The van der Waals surface area contributed by atoms with Crippen molar-refractivity contribution in [3.05, 3.63) is 24.3 Å². The molecule has 0 rings (SSSR count). The second-order valence-electron chi connectivity index (χ2n) is 18.2. The Labute approximate surface area is 379 Å². The van der Waals surface area contributed by atoms with Crippen LogP contribution in [-0.4, -0.2) is 37.2 Å². The van der Waals surface area contributed by atoms with Gasteiger partial charge >= 0.3 is 17.9 Å². The molecule has 0 aliphatic carbocycles. The number of esters is 3. The standard InChI is InChI=1S/C55H102O6/c1-4-7-10-13-16-19-22-24-26-27-28-29-30-32-33-36-39-42-45-48-54(57)60-51-52(50-59-53(56)47-44-41-38-35-21-18-15-12-9-6-3)61-55(58)49-46-43-40-37-34-31-25-23-20-17-14-11-8-5-2/h16,19,24,26,52H,4-15,17-18,20-23,25,27-51H2,1-3H3/b19-16-,26-24-. The predicted molar refractivity (Wildman–Crippen MR) is 261 cm³/mol. The maximum atomic E-state index is 12.8. The molecule has 6 nitrogen and oxygen atoms in total. The molecule has 0 radical (unpaired) electrons. The quantitative estimate of drug-likeness (QED) is 0.0262. The molecule has 0 spiro atoms. The van der Waals surface area contributed by atoms with Gasteiger partial charge in [-0.25, -0.2) is 0 Å². The van der Waals surface area contributed by atoms with Crippen LogP contribution in [0.3, 0.4) is 0 Å². The van der Waals surface area contributed by atoms with Crippen molar-refractivity contribution in [1.82, 2.24) is 0 Å². The Morgan fingerprint density at radius 2 is 0.590 bits per heavy atom. The van der Waals surface area contributed by atoms with Gasteiger partial charge in [-0.05, 0) is 51.4 Å². The van der Waals surface area contributed by atoms with Gasteiger partial charge in [0.05, 0.1) is 0 Å². The van der Waals surface area contributed by atoms with Gasteiger partial charge in [0.25, 0.3) is 0 Å². The van der Waals surface area contributed by atoms with Crippen LogP contribution in [0, 0.1) is 0 Å². The third-order valence-corrected chi connectivity index (χ3v) is 12.0. The molecule has 0 amide bonds. The molecule has 0 aromatic heterocycles. The van der Waals surface area contributed by atoms with Gasteiger partial charge in [0.2, 0.25) is 0 Å². The lowest BCUT2D eigenvalue weighted by Gasteiger charge is -2.18. The van der Waals surface area contributed by atoms with Gasteiger partial charge in [0, 0.05) is 19.3 Å². The summed E-state index contributed by atoms with van der Waals surface area (Å²) in [5.74, 6) is -0.858. The van der Waals surface area contributed by atoms with Crippen LogP contribution in [0.1, 0.15) is 290 Å². The molecule has 0 aromatic rings. The Kier molecular flexibility index (Phi) is 48.8. The number of hydrogen-bond donors (Lipinski definition) is 0. The summed E-state index contributed by atoms with van der Waals surface area (Å²) in [7, 11) is 0. The largest absolute Gasteiger partial charge is 0.462 e. The van der Waals surface area contributed by atoms with Gasteiger partial charge in [-0.1, -0.05) is 244 Å².